The maximum atomic E-state index is 14.2. The number of piperidine rings is 2. The molecule has 0 aromatic rings. The summed E-state index contributed by atoms with van der Waals surface area (Å²) in [6.45, 7) is 4.53. The van der Waals surface area contributed by atoms with E-state index < -0.39 is 6.10 Å². The number of nitrogens with one attached hydrogen (secondary N) is 2. The molecular weight excluding hydrogens is 510 g/mol. The lowest BCUT2D eigenvalue weighted by Crippen LogP contribution is -2.70. The molecule has 6 rings (SSSR count). The number of fused-ring (bicyclic) bond motifs is 5. The van der Waals surface area contributed by atoms with Crippen molar-refractivity contribution in [2.45, 2.75) is 127 Å². The number of ketones is 1. The first-order valence-corrected chi connectivity index (χ1v) is 15.9. The highest BCUT2D eigenvalue weighted by Gasteiger charge is 2.64. The number of hydrogen-bond donors (Lipinski definition) is 2. The monoisotopic (exact) mass is 559 g/mol. The van der Waals surface area contributed by atoms with E-state index in [1.54, 1.807) is 21.1 Å². The van der Waals surface area contributed by atoms with Gasteiger partial charge in [0.25, 0.3) is 0 Å². The molecule has 3 saturated carbocycles. The van der Waals surface area contributed by atoms with Crippen LogP contribution in [0.2, 0.25) is 0 Å². The third kappa shape index (κ3) is 4.92. The molecule has 2 amide bonds. The van der Waals surface area contributed by atoms with Crippen LogP contribution in [0.25, 0.3) is 0 Å². The van der Waals surface area contributed by atoms with Gasteiger partial charge in [0.05, 0.1) is 30.3 Å². The number of rotatable bonds is 7. The number of amides is 2. The van der Waals surface area contributed by atoms with Gasteiger partial charge in [-0.1, -0.05) is 0 Å². The summed E-state index contributed by atoms with van der Waals surface area (Å²) >= 11 is 0. The second-order valence-electron chi connectivity index (χ2n) is 13.5. The van der Waals surface area contributed by atoms with Crippen molar-refractivity contribution in [2.24, 2.45) is 29.6 Å². The van der Waals surface area contributed by atoms with Crippen molar-refractivity contribution in [1.82, 2.24) is 15.5 Å². The summed E-state index contributed by atoms with van der Waals surface area (Å²) in [6, 6.07) is 0.931. The molecule has 3 aliphatic carbocycles. The number of hydrogen-bond acceptors (Lipinski definition) is 7. The molecule has 11 atom stereocenters. The lowest BCUT2D eigenvalue weighted by atomic mass is 9.64. The van der Waals surface area contributed by atoms with Gasteiger partial charge in [-0.15, -0.1) is 0 Å². The molecule has 3 aliphatic heterocycles. The summed E-state index contributed by atoms with van der Waals surface area (Å²) < 4.78 is 18.1. The molecular formula is C31H49N3O6. The summed E-state index contributed by atoms with van der Waals surface area (Å²) in [4.78, 5) is 41.2. The quantitative estimate of drug-likeness (QED) is 0.494. The van der Waals surface area contributed by atoms with Gasteiger partial charge >= 0.3 is 0 Å². The maximum absolute atomic E-state index is 14.2. The van der Waals surface area contributed by atoms with Crippen molar-refractivity contribution in [3.63, 3.8) is 0 Å². The summed E-state index contributed by atoms with van der Waals surface area (Å²) in [7, 11) is 3.45. The largest absolute Gasteiger partial charge is 0.379 e. The summed E-state index contributed by atoms with van der Waals surface area (Å²) in [5, 5.41) is 7.02. The maximum Gasteiger partial charge on any atom is 0.249 e. The Kier molecular flexibility index (Phi) is 8.29. The second-order valence-corrected chi connectivity index (χ2v) is 13.5. The van der Waals surface area contributed by atoms with E-state index in [1.807, 2.05) is 6.92 Å². The minimum atomic E-state index is -0.505. The Balaban J connectivity index is 1.10. The van der Waals surface area contributed by atoms with Gasteiger partial charge in [0, 0.05) is 38.3 Å². The topological polar surface area (TPSA) is 106 Å². The molecule has 0 aromatic carbocycles. The Bertz CT molecular complexity index is 969. The normalized spacial score (nSPS) is 45.2. The fourth-order valence-electron chi connectivity index (χ4n) is 9.77. The number of carbonyl (C=O) groups excluding carboxylic acids is 3. The van der Waals surface area contributed by atoms with E-state index in [0.717, 1.165) is 70.8 Å². The fraction of sp³-hybridized carbons (Fsp3) is 0.903. The predicted octanol–water partition coefficient (Wildman–Crippen LogP) is 2.45. The van der Waals surface area contributed by atoms with Crippen molar-refractivity contribution in [3.8, 4) is 0 Å². The van der Waals surface area contributed by atoms with E-state index >= 15 is 0 Å². The molecule has 0 radical (unpaired) electrons. The molecule has 9 heteroatoms. The van der Waals surface area contributed by atoms with Crippen LogP contribution >= 0.6 is 0 Å². The van der Waals surface area contributed by atoms with E-state index in [2.05, 4.69) is 15.5 Å². The van der Waals surface area contributed by atoms with Gasteiger partial charge in [-0.2, -0.15) is 0 Å². The van der Waals surface area contributed by atoms with Crippen LogP contribution in [0.4, 0.5) is 0 Å². The molecule has 9 nitrogen and oxygen atoms in total. The molecule has 0 bridgehead atoms. The first-order valence-electron chi connectivity index (χ1n) is 15.9. The van der Waals surface area contributed by atoms with Crippen LogP contribution in [0.5, 0.6) is 0 Å². The summed E-state index contributed by atoms with van der Waals surface area (Å²) in [5.41, 5.74) is 0. The van der Waals surface area contributed by atoms with E-state index in [0.29, 0.717) is 17.9 Å². The third-order valence-corrected chi connectivity index (χ3v) is 11.7. The number of nitrogens with zero attached hydrogens (tertiary/aromatic N) is 1. The van der Waals surface area contributed by atoms with Crippen molar-refractivity contribution in [1.29, 1.82) is 0 Å². The van der Waals surface area contributed by atoms with Crippen molar-refractivity contribution in [2.75, 3.05) is 20.8 Å². The van der Waals surface area contributed by atoms with Gasteiger partial charge in [-0.25, -0.2) is 0 Å². The standard InChI is InChI=1S/C31H49N3O6/c1-16(35)18-5-7-19(8-6-18)33-30(36)17(2)40-20-9-11-24-23(15-20)21-13-14-32-27-22-10-12-25(38-3)29(39-4)26(22)31(37)34(24)28(21)27/h17-29,32H,5-15H2,1-4H3,(H,33,36)/t17-,18?,19?,20?,21?,22?,23?,24?,25?,26?,27?,28?,29?/m1/s1. The smallest absolute Gasteiger partial charge is 0.249 e. The van der Waals surface area contributed by atoms with Gasteiger partial charge in [0.15, 0.2) is 0 Å². The molecule has 6 fully saturated rings. The van der Waals surface area contributed by atoms with Crippen molar-refractivity contribution in [3.05, 3.63) is 0 Å². The molecule has 2 N–H and O–H groups in total. The molecule has 0 aromatic heterocycles. The van der Waals surface area contributed by atoms with Gasteiger partial charge in [-0.3, -0.25) is 14.4 Å². The zero-order valence-electron chi connectivity index (χ0n) is 24.7. The summed E-state index contributed by atoms with van der Waals surface area (Å²) in [6.07, 6.45) is 8.43. The van der Waals surface area contributed by atoms with Crippen LogP contribution in [0, 0.1) is 29.6 Å². The van der Waals surface area contributed by atoms with Crippen LogP contribution in [-0.2, 0) is 28.6 Å². The predicted molar refractivity (Wildman–Crippen MR) is 148 cm³/mol. The van der Waals surface area contributed by atoms with Gasteiger partial charge < -0.3 is 29.7 Å². The molecule has 0 spiro atoms. The van der Waals surface area contributed by atoms with Crippen molar-refractivity contribution >= 4 is 17.6 Å². The molecule has 3 saturated heterocycles. The SMILES string of the molecule is COC1CCC2C3NCCC4C5CC(O[C@H](C)C(=O)NC6CCC(C(C)=O)CC6)CCC5N(C(=O)C2C1OC)C43. The van der Waals surface area contributed by atoms with Crippen LogP contribution < -0.4 is 10.6 Å². The molecule has 40 heavy (non-hydrogen) atoms. The number of carbonyl (C=O) groups is 3. The Labute approximate surface area is 238 Å². The number of Topliss-reactive ketones (excluding diaryl/α,β-unsaturated/α-hetero) is 1. The molecule has 3 heterocycles. The van der Waals surface area contributed by atoms with Crippen molar-refractivity contribution < 1.29 is 28.6 Å². The zero-order chi connectivity index (χ0) is 28.1. The van der Waals surface area contributed by atoms with Crippen LogP contribution in [0.15, 0.2) is 0 Å². The van der Waals surface area contributed by atoms with E-state index in [-0.39, 0.29) is 71.8 Å². The zero-order valence-corrected chi connectivity index (χ0v) is 24.7. The number of methoxy groups -OCH3 is 2. The highest BCUT2D eigenvalue weighted by atomic mass is 16.5. The average Bonchev–Trinajstić information content (AvgIpc) is 3.30. The van der Waals surface area contributed by atoms with Gasteiger partial charge in [-0.05, 0) is 102 Å². The van der Waals surface area contributed by atoms with E-state index in [9.17, 15) is 14.4 Å². The average molecular weight is 560 g/mol. The Morgan fingerprint density at radius 1 is 0.950 bits per heavy atom. The first kappa shape index (κ1) is 28.6. The minimum absolute atomic E-state index is 0.0344. The minimum Gasteiger partial charge on any atom is -0.379 e. The lowest BCUT2D eigenvalue weighted by Gasteiger charge is -2.55. The molecule has 224 valence electrons. The third-order valence-electron chi connectivity index (χ3n) is 11.7. The van der Waals surface area contributed by atoms with Crippen LogP contribution in [0.1, 0.15) is 78.1 Å². The van der Waals surface area contributed by atoms with Crippen LogP contribution in [-0.4, -0.2) is 91.8 Å². The van der Waals surface area contributed by atoms with Gasteiger partial charge in [0.1, 0.15) is 11.9 Å². The lowest BCUT2D eigenvalue weighted by molar-refractivity contribution is -0.175. The highest BCUT2D eigenvalue weighted by Crippen LogP contribution is 2.54. The number of ether oxygens (including phenoxy) is 3. The Morgan fingerprint density at radius 2 is 1.73 bits per heavy atom. The van der Waals surface area contributed by atoms with Crippen LogP contribution in [0.3, 0.4) is 0 Å². The summed E-state index contributed by atoms with van der Waals surface area (Å²) in [5.74, 6) is 1.66. The van der Waals surface area contributed by atoms with Gasteiger partial charge in [0.2, 0.25) is 11.8 Å². The Morgan fingerprint density at radius 3 is 2.42 bits per heavy atom. The molecule has 10 unspecified atom stereocenters. The second kappa shape index (κ2) is 11.6. The van der Waals surface area contributed by atoms with E-state index in [1.165, 1.54) is 0 Å². The first-order chi connectivity index (χ1) is 19.3. The fourth-order valence-corrected chi connectivity index (χ4v) is 9.77. The highest BCUT2D eigenvalue weighted by molar-refractivity contribution is 5.83. The van der Waals surface area contributed by atoms with E-state index in [4.69, 9.17) is 14.2 Å². The molecule has 6 aliphatic rings. The Hall–Kier alpha value is -1.55.